The van der Waals surface area contributed by atoms with Crippen LogP contribution in [0.15, 0.2) is 84.9 Å². The molecule has 3 aromatic rings. The van der Waals surface area contributed by atoms with Crippen LogP contribution in [-0.2, 0) is 0 Å². The van der Waals surface area contributed by atoms with Crippen LogP contribution in [0, 0.1) is 6.92 Å². The molecule has 0 aliphatic rings. The molecular weight excluding hydrogens is 296 g/mol. The maximum absolute atomic E-state index is 12.5. The van der Waals surface area contributed by atoms with Crippen LogP contribution in [0.25, 0.3) is 0 Å². The van der Waals surface area contributed by atoms with Crippen molar-refractivity contribution in [1.82, 2.24) is 5.32 Å². The van der Waals surface area contributed by atoms with Crippen molar-refractivity contribution < 1.29 is 4.79 Å². The van der Waals surface area contributed by atoms with Gasteiger partial charge in [-0.25, -0.2) is 4.79 Å². The van der Waals surface area contributed by atoms with Gasteiger partial charge in [-0.05, 0) is 35.7 Å². The number of carbonyl (C=O) groups excluding carboxylic acids is 1. The van der Waals surface area contributed by atoms with Crippen LogP contribution in [0.5, 0.6) is 0 Å². The lowest BCUT2D eigenvalue weighted by molar-refractivity contribution is 0.250. The molecule has 3 nitrogen and oxygen atoms in total. The first kappa shape index (κ1) is 15.8. The zero-order valence-corrected chi connectivity index (χ0v) is 13.6. The second-order valence-corrected chi connectivity index (χ2v) is 5.72. The molecule has 0 saturated heterocycles. The summed E-state index contributed by atoms with van der Waals surface area (Å²) in [4.78, 5) is 12.5. The van der Waals surface area contributed by atoms with E-state index in [1.54, 1.807) is 0 Å². The standard InChI is InChI=1S/C21H20N2O/c1-16-9-8-14-19(15-16)22-21(24)23-20(17-10-4-2-5-11-17)18-12-6-3-7-13-18/h2-15,20H,1H3,(H2,22,23,24). The molecule has 3 heteroatoms. The summed E-state index contributed by atoms with van der Waals surface area (Å²) in [5, 5.41) is 5.97. The summed E-state index contributed by atoms with van der Waals surface area (Å²) in [5.74, 6) is 0. The Kier molecular flexibility index (Phi) is 4.92. The van der Waals surface area contributed by atoms with Gasteiger partial charge in [0.1, 0.15) is 0 Å². The molecule has 0 atom stereocenters. The molecule has 2 amide bonds. The van der Waals surface area contributed by atoms with Crippen molar-refractivity contribution >= 4 is 11.7 Å². The van der Waals surface area contributed by atoms with E-state index in [4.69, 9.17) is 0 Å². The fraction of sp³-hybridized carbons (Fsp3) is 0.0952. The number of urea groups is 1. The number of hydrogen-bond donors (Lipinski definition) is 2. The highest BCUT2D eigenvalue weighted by atomic mass is 16.2. The van der Waals surface area contributed by atoms with Crippen molar-refractivity contribution in [2.24, 2.45) is 0 Å². The molecular formula is C21H20N2O. The average Bonchev–Trinajstić information content (AvgIpc) is 2.61. The van der Waals surface area contributed by atoms with E-state index in [-0.39, 0.29) is 12.1 Å². The predicted octanol–water partition coefficient (Wildman–Crippen LogP) is 4.91. The third-order valence-electron chi connectivity index (χ3n) is 3.82. The lowest BCUT2D eigenvalue weighted by Crippen LogP contribution is -2.33. The Balaban J connectivity index is 1.80. The van der Waals surface area contributed by atoms with Gasteiger partial charge in [-0.2, -0.15) is 0 Å². The summed E-state index contributed by atoms with van der Waals surface area (Å²) >= 11 is 0. The molecule has 0 heterocycles. The molecule has 0 aliphatic heterocycles. The van der Waals surface area contributed by atoms with Gasteiger partial charge in [0.25, 0.3) is 0 Å². The first-order valence-corrected chi connectivity index (χ1v) is 7.96. The number of benzene rings is 3. The van der Waals surface area contributed by atoms with Gasteiger partial charge in [0.15, 0.2) is 0 Å². The fourth-order valence-corrected chi connectivity index (χ4v) is 2.67. The lowest BCUT2D eigenvalue weighted by atomic mass is 9.99. The molecule has 0 radical (unpaired) electrons. The van der Waals surface area contributed by atoms with Gasteiger partial charge in [0.05, 0.1) is 6.04 Å². The highest BCUT2D eigenvalue weighted by molar-refractivity contribution is 5.89. The SMILES string of the molecule is Cc1cccc(NC(=O)NC(c2ccccc2)c2ccccc2)c1. The molecule has 3 aromatic carbocycles. The van der Waals surface area contributed by atoms with E-state index in [9.17, 15) is 4.79 Å². The molecule has 24 heavy (non-hydrogen) atoms. The van der Waals surface area contributed by atoms with Crippen LogP contribution in [0.4, 0.5) is 10.5 Å². The molecule has 0 unspecified atom stereocenters. The Morgan fingerprint density at radius 2 is 1.38 bits per heavy atom. The normalized spacial score (nSPS) is 10.4. The summed E-state index contributed by atoms with van der Waals surface area (Å²) in [5.41, 5.74) is 3.98. The average molecular weight is 316 g/mol. The number of hydrogen-bond acceptors (Lipinski definition) is 1. The number of rotatable bonds is 4. The van der Waals surface area contributed by atoms with Crippen molar-refractivity contribution in [2.75, 3.05) is 5.32 Å². The van der Waals surface area contributed by atoms with Crippen molar-refractivity contribution in [1.29, 1.82) is 0 Å². The fourth-order valence-electron chi connectivity index (χ4n) is 2.67. The summed E-state index contributed by atoms with van der Waals surface area (Å²) < 4.78 is 0. The summed E-state index contributed by atoms with van der Waals surface area (Å²) in [6.45, 7) is 2.00. The summed E-state index contributed by atoms with van der Waals surface area (Å²) in [7, 11) is 0. The van der Waals surface area contributed by atoms with E-state index in [1.807, 2.05) is 91.9 Å². The molecule has 3 rings (SSSR count). The van der Waals surface area contributed by atoms with Gasteiger partial charge in [-0.15, -0.1) is 0 Å². The van der Waals surface area contributed by atoms with Crippen molar-refractivity contribution in [3.8, 4) is 0 Å². The van der Waals surface area contributed by atoms with E-state index in [1.165, 1.54) is 0 Å². The monoisotopic (exact) mass is 316 g/mol. The maximum atomic E-state index is 12.5. The maximum Gasteiger partial charge on any atom is 0.319 e. The van der Waals surface area contributed by atoms with Crippen LogP contribution in [0.3, 0.4) is 0 Å². The van der Waals surface area contributed by atoms with Gasteiger partial charge in [-0.1, -0.05) is 72.8 Å². The van der Waals surface area contributed by atoms with E-state index in [0.29, 0.717) is 0 Å². The molecule has 2 N–H and O–H groups in total. The van der Waals surface area contributed by atoms with Crippen LogP contribution in [0.2, 0.25) is 0 Å². The molecule has 0 aliphatic carbocycles. The first-order chi connectivity index (χ1) is 11.7. The van der Waals surface area contributed by atoms with Gasteiger partial charge in [0, 0.05) is 5.69 Å². The molecule has 0 aromatic heterocycles. The van der Waals surface area contributed by atoms with Crippen molar-refractivity contribution in [2.45, 2.75) is 13.0 Å². The van der Waals surface area contributed by atoms with Crippen LogP contribution in [0.1, 0.15) is 22.7 Å². The molecule has 0 saturated carbocycles. The Labute approximate surface area is 142 Å². The number of carbonyl (C=O) groups is 1. The van der Waals surface area contributed by atoms with E-state index < -0.39 is 0 Å². The molecule has 0 bridgehead atoms. The lowest BCUT2D eigenvalue weighted by Gasteiger charge is -2.20. The van der Waals surface area contributed by atoms with E-state index in [2.05, 4.69) is 10.6 Å². The summed E-state index contributed by atoms with van der Waals surface area (Å²) in [6.07, 6.45) is 0. The third-order valence-corrected chi connectivity index (χ3v) is 3.82. The number of anilines is 1. The minimum Gasteiger partial charge on any atom is -0.327 e. The van der Waals surface area contributed by atoms with Crippen molar-refractivity contribution in [3.63, 3.8) is 0 Å². The quantitative estimate of drug-likeness (QED) is 0.706. The van der Waals surface area contributed by atoms with Crippen molar-refractivity contribution in [3.05, 3.63) is 102 Å². The smallest absolute Gasteiger partial charge is 0.319 e. The van der Waals surface area contributed by atoms with Gasteiger partial charge >= 0.3 is 6.03 Å². The molecule has 120 valence electrons. The second kappa shape index (κ2) is 7.47. The largest absolute Gasteiger partial charge is 0.327 e. The first-order valence-electron chi connectivity index (χ1n) is 7.96. The van der Waals surface area contributed by atoms with Crippen LogP contribution < -0.4 is 10.6 Å². The third kappa shape index (κ3) is 4.02. The Morgan fingerprint density at radius 1 is 0.792 bits per heavy atom. The molecule has 0 spiro atoms. The van der Waals surface area contributed by atoms with Gasteiger partial charge in [0.2, 0.25) is 0 Å². The minimum atomic E-state index is -0.224. The number of aryl methyl sites for hydroxylation is 1. The van der Waals surface area contributed by atoms with Gasteiger partial charge < -0.3 is 10.6 Å². The zero-order chi connectivity index (χ0) is 16.8. The summed E-state index contributed by atoms with van der Waals surface area (Å²) in [6, 6.07) is 27.3. The van der Waals surface area contributed by atoms with E-state index >= 15 is 0 Å². The minimum absolute atomic E-state index is 0.197. The Morgan fingerprint density at radius 3 is 1.92 bits per heavy atom. The number of amides is 2. The van der Waals surface area contributed by atoms with Crippen LogP contribution >= 0.6 is 0 Å². The zero-order valence-electron chi connectivity index (χ0n) is 13.6. The van der Waals surface area contributed by atoms with Crippen LogP contribution in [-0.4, -0.2) is 6.03 Å². The molecule has 0 fully saturated rings. The highest BCUT2D eigenvalue weighted by Gasteiger charge is 2.16. The van der Waals surface area contributed by atoms with E-state index in [0.717, 1.165) is 22.4 Å². The second-order valence-electron chi connectivity index (χ2n) is 5.72. The topological polar surface area (TPSA) is 41.1 Å². The highest BCUT2D eigenvalue weighted by Crippen LogP contribution is 2.22. The predicted molar refractivity (Wildman–Crippen MR) is 98.1 cm³/mol. The van der Waals surface area contributed by atoms with Gasteiger partial charge in [-0.3, -0.25) is 0 Å². The number of nitrogens with one attached hydrogen (secondary N) is 2. The Hall–Kier alpha value is -3.07. The Bertz CT molecular complexity index is 761.